The number of nitrogens with zero attached hydrogens (tertiary/aromatic N) is 3. The number of benzene rings is 1. The maximum Gasteiger partial charge on any atom is 0.250 e. The standard InChI is InChI=1S/C20H20BrF3N4O5S/c1-27-26-14(9-2-12(22)16(24)13(23)3-9)7-28(27)17-18(30)15(8-29)33-20(19(17)31)34(32)11-4-10(21)5-25-6-11/h2-7,15,17-20,26,29-31H,8H2,1H3/t15?,17?,18-,19?,20+,34?/m0/s1. The zero-order valence-electron chi connectivity index (χ0n) is 17.5. The van der Waals surface area contributed by atoms with E-state index in [0.717, 1.165) is 12.1 Å². The summed E-state index contributed by atoms with van der Waals surface area (Å²) in [5, 5.41) is 34.3. The Bertz CT molecular complexity index is 1080. The van der Waals surface area contributed by atoms with Crippen molar-refractivity contribution in [3.05, 3.63) is 64.3 Å². The Balaban J connectivity index is 1.67. The fourth-order valence-electron chi connectivity index (χ4n) is 3.81. The first-order valence-corrected chi connectivity index (χ1v) is 11.9. The normalized spacial score (nSPS) is 28.6. The van der Waals surface area contributed by atoms with Crippen LogP contribution < -0.4 is 5.43 Å². The highest BCUT2D eigenvalue weighted by atomic mass is 79.9. The zero-order chi connectivity index (χ0) is 24.7. The summed E-state index contributed by atoms with van der Waals surface area (Å²) in [6, 6.07) is 1.93. The van der Waals surface area contributed by atoms with Crippen LogP contribution in [0, 0.1) is 17.5 Å². The summed E-state index contributed by atoms with van der Waals surface area (Å²) in [5.74, 6) is -4.38. The molecule has 6 atom stereocenters. The maximum absolute atomic E-state index is 13.7. The molecule has 4 N–H and O–H groups in total. The van der Waals surface area contributed by atoms with E-state index in [1.165, 1.54) is 41.8 Å². The van der Waals surface area contributed by atoms with Gasteiger partial charge in [-0.25, -0.2) is 13.2 Å². The van der Waals surface area contributed by atoms with Gasteiger partial charge in [-0.2, -0.15) is 0 Å². The van der Waals surface area contributed by atoms with Gasteiger partial charge >= 0.3 is 0 Å². The van der Waals surface area contributed by atoms with Crippen LogP contribution in [-0.2, 0) is 15.9 Å². The lowest BCUT2D eigenvalue weighted by molar-refractivity contribution is -0.210. The number of rotatable bonds is 5. The van der Waals surface area contributed by atoms with E-state index in [2.05, 4.69) is 26.3 Å². The van der Waals surface area contributed by atoms with Gasteiger partial charge in [0.05, 0.1) is 18.5 Å². The number of pyridine rings is 1. The second-order valence-corrected chi connectivity index (χ2v) is 10.1. The minimum Gasteiger partial charge on any atom is -0.609 e. The summed E-state index contributed by atoms with van der Waals surface area (Å²) in [5.41, 5.74) is 1.55. The molecule has 0 aliphatic carbocycles. The molecule has 1 aromatic carbocycles. The molecule has 3 heterocycles. The van der Waals surface area contributed by atoms with Crippen LogP contribution in [0.15, 0.2) is 46.2 Å². The summed E-state index contributed by atoms with van der Waals surface area (Å²) in [4.78, 5) is 4.19. The lowest BCUT2D eigenvalue weighted by Gasteiger charge is -2.46. The molecule has 1 fully saturated rings. The van der Waals surface area contributed by atoms with Gasteiger partial charge in [0.2, 0.25) is 5.44 Å². The summed E-state index contributed by atoms with van der Waals surface area (Å²) in [6.45, 7) is -0.634. The van der Waals surface area contributed by atoms with E-state index in [1.54, 1.807) is 0 Å². The summed E-state index contributed by atoms with van der Waals surface area (Å²) >= 11 is 1.29. The monoisotopic (exact) mass is 564 g/mol. The first-order chi connectivity index (χ1) is 16.1. The molecule has 34 heavy (non-hydrogen) atoms. The number of aliphatic hydroxyl groups is 3. The van der Waals surface area contributed by atoms with Crippen LogP contribution in [0.5, 0.6) is 0 Å². The smallest absolute Gasteiger partial charge is 0.250 e. The van der Waals surface area contributed by atoms with Gasteiger partial charge < -0.3 is 24.6 Å². The third-order valence-corrected chi connectivity index (χ3v) is 7.40. The number of aromatic nitrogens is 1. The number of aliphatic hydroxyl groups excluding tert-OH is 3. The van der Waals surface area contributed by atoms with Crippen LogP contribution in [0.3, 0.4) is 0 Å². The van der Waals surface area contributed by atoms with Crippen LogP contribution in [0.1, 0.15) is 5.56 Å². The number of hydrogen-bond donors (Lipinski definition) is 4. The second-order valence-electron chi connectivity index (χ2n) is 7.65. The molecular formula is C20H20BrF3N4O5S. The van der Waals surface area contributed by atoms with Crippen LogP contribution in [0.2, 0.25) is 0 Å². The third-order valence-electron chi connectivity index (χ3n) is 5.46. The molecule has 1 aromatic heterocycles. The van der Waals surface area contributed by atoms with Crippen LogP contribution in [0.4, 0.5) is 13.2 Å². The number of hydrogen-bond acceptors (Lipinski definition) is 9. The molecular weight excluding hydrogens is 545 g/mol. The molecule has 0 radical (unpaired) electrons. The average molecular weight is 565 g/mol. The fourth-order valence-corrected chi connectivity index (χ4v) is 5.66. The molecule has 4 unspecified atom stereocenters. The largest absolute Gasteiger partial charge is 0.609 e. The van der Waals surface area contributed by atoms with E-state index >= 15 is 0 Å². The Morgan fingerprint density at radius 3 is 2.47 bits per heavy atom. The van der Waals surface area contributed by atoms with E-state index in [0.29, 0.717) is 4.47 Å². The molecule has 0 amide bonds. The molecule has 2 aliphatic heterocycles. The summed E-state index contributed by atoms with van der Waals surface area (Å²) < 4.78 is 60.1. The van der Waals surface area contributed by atoms with E-state index in [4.69, 9.17) is 4.74 Å². The highest BCUT2D eigenvalue weighted by Gasteiger charge is 2.53. The number of halogens is 4. The molecule has 2 aromatic rings. The van der Waals surface area contributed by atoms with Gasteiger partial charge in [0.1, 0.15) is 18.2 Å². The predicted molar refractivity (Wildman–Crippen MR) is 117 cm³/mol. The number of nitrogens with one attached hydrogen (secondary N) is 1. The maximum atomic E-state index is 13.7. The predicted octanol–water partition coefficient (Wildman–Crippen LogP) is 0.842. The lowest BCUT2D eigenvalue weighted by Crippen LogP contribution is -2.67. The van der Waals surface area contributed by atoms with Crippen molar-refractivity contribution in [2.75, 3.05) is 13.7 Å². The van der Waals surface area contributed by atoms with Gasteiger partial charge in [0, 0.05) is 46.7 Å². The van der Waals surface area contributed by atoms with E-state index in [-0.39, 0.29) is 16.2 Å². The van der Waals surface area contributed by atoms with Gasteiger partial charge in [-0.3, -0.25) is 15.4 Å². The molecule has 14 heteroatoms. The quantitative estimate of drug-likeness (QED) is 0.309. The Morgan fingerprint density at radius 1 is 1.18 bits per heavy atom. The molecule has 1 saturated heterocycles. The lowest BCUT2D eigenvalue weighted by atomic mass is 9.96. The Morgan fingerprint density at radius 2 is 1.85 bits per heavy atom. The van der Waals surface area contributed by atoms with Crippen LogP contribution in [-0.4, -0.2) is 78.4 Å². The first-order valence-electron chi connectivity index (χ1n) is 9.91. The van der Waals surface area contributed by atoms with Gasteiger partial charge in [0.25, 0.3) is 0 Å². The van der Waals surface area contributed by atoms with Crippen molar-refractivity contribution in [3.8, 4) is 0 Å². The Labute approximate surface area is 203 Å². The Hall–Kier alpha value is -1.91. The molecule has 2 aliphatic rings. The summed E-state index contributed by atoms with van der Waals surface area (Å²) in [7, 11) is 1.49. The van der Waals surface area contributed by atoms with Crippen molar-refractivity contribution in [2.45, 2.75) is 34.7 Å². The van der Waals surface area contributed by atoms with Crippen molar-refractivity contribution in [3.63, 3.8) is 0 Å². The fraction of sp³-hybridized carbons (Fsp3) is 0.350. The molecule has 9 nitrogen and oxygen atoms in total. The SMILES string of the molecule is CN1NC(c2cc(F)c(F)c(F)c2)=CN1C1C(O)[C@@H]([S+]([O-])c2cncc(Br)c2)OC(CO)[C@@H]1O. The first kappa shape index (κ1) is 25.2. The topological polar surface area (TPSA) is 124 Å². The Kier molecular flexibility index (Phi) is 7.40. The molecule has 0 bridgehead atoms. The van der Waals surface area contributed by atoms with Gasteiger partial charge in [0.15, 0.2) is 28.5 Å². The van der Waals surface area contributed by atoms with E-state index < -0.39 is 65.0 Å². The highest BCUT2D eigenvalue weighted by molar-refractivity contribution is 9.10. The number of ether oxygens (including phenoxy) is 1. The molecule has 0 spiro atoms. The van der Waals surface area contributed by atoms with Crippen molar-refractivity contribution < 1.29 is 37.8 Å². The highest BCUT2D eigenvalue weighted by Crippen LogP contribution is 2.34. The molecule has 4 rings (SSSR count). The van der Waals surface area contributed by atoms with E-state index in [1.807, 2.05) is 0 Å². The van der Waals surface area contributed by atoms with Gasteiger partial charge in [-0.15, -0.1) is 5.12 Å². The molecule has 0 saturated carbocycles. The summed E-state index contributed by atoms with van der Waals surface area (Å²) in [6.07, 6.45) is -0.0304. The van der Waals surface area contributed by atoms with Crippen molar-refractivity contribution >= 4 is 32.8 Å². The van der Waals surface area contributed by atoms with Gasteiger partial charge in [-0.1, -0.05) is 0 Å². The van der Waals surface area contributed by atoms with Crippen LogP contribution in [0.25, 0.3) is 5.70 Å². The third kappa shape index (κ3) is 4.64. The van der Waals surface area contributed by atoms with E-state index in [9.17, 15) is 33.0 Å². The van der Waals surface area contributed by atoms with Crippen molar-refractivity contribution in [1.29, 1.82) is 0 Å². The second kappa shape index (κ2) is 9.99. The van der Waals surface area contributed by atoms with Crippen molar-refractivity contribution in [2.24, 2.45) is 0 Å². The van der Waals surface area contributed by atoms with Crippen LogP contribution >= 0.6 is 15.9 Å². The zero-order valence-corrected chi connectivity index (χ0v) is 19.9. The number of hydrazine groups is 2. The molecule has 184 valence electrons. The van der Waals surface area contributed by atoms with Gasteiger partial charge in [-0.05, 0) is 28.1 Å². The van der Waals surface area contributed by atoms with Crippen molar-refractivity contribution in [1.82, 2.24) is 20.5 Å². The minimum absolute atomic E-state index is 0.0270. The minimum atomic E-state index is -1.95. The average Bonchev–Trinajstić information content (AvgIpc) is 3.18.